The number of rotatable bonds is 42. The number of allylic oxidation sites excluding steroid dienone is 3. The Hall–Kier alpha value is -1.73. The van der Waals surface area contributed by atoms with Crippen molar-refractivity contribution in [2.75, 3.05) is 26.4 Å². The summed E-state index contributed by atoms with van der Waals surface area (Å²) in [5.41, 5.74) is 0. The zero-order valence-corrected chi connectivity index (χ0v) is 45.5. The quantitative estimate of drug-likeness (QED) is 0.0298. The highest BCUT2D eigenvalue weighted by Crippen LogP contribution is 2.33. The molecule has 0 aromatic heterocycles. The molecule has 0 saturated carbocycles. The maximum Gasteiger partial charge on any atom is 0.220 e. The SMILES string of the molecule is CCCCCCCCCCCCCCCCCCCCCCCC/C=C/CC/C=C/C(O)C(COC1OC(CO)C(OC2OC(CO)C(OC3OC(CO)C(O)C(O)C3O)C(O)C2O)C(O)C1O)NC(=O)CCCC. The van der Waals surface area contributed by atoms with E-state index >= 15 is 0 Å². The number of aliphatic hydroxyl groups excluding tert-OH is 11. The van der Waals surface area contributed by atoms with E-state index in [0.717, 1.165) is 25.7 Å². The van der Waals surface area contributed by atoms with Crippen LogP contribution in [0.2, 0.25) is 0 Å². The van der Waals surface area contributed by atoms with Crippen LogP contribution in [0.5, 0.6) is 0 Å². The number of aliphatic hydroxyl groups is 11. The number of carbonyl (C=O) groups is 1. The van der Waals surface area contributed by atoms with Gasteiger partial charge in [0.2, 0.25) is 5.91 Å². The molecule has 19 nitrogen and oxygen atoms in total. The second-order valence-corrected chi connectivity index (χ2v) is 21.1. The molecule has 12 N–H and O–H groups in total. The molecule has 17 unspecified atom stereocenters. The molecule has 3 rings (SSSR count). The molecule has 0 bridgehead atoms. The van der Waals surface area contributed by atoms with E-state index in [4.69, 9.17) is 28.4 Å². The molecule has 440 valence electrons. The molecule has 0 aliphatic carbocycles. The van der Waals surface area contributed by atoms with E-state index in [1.807, 2.05) is 13.0 Å². The van der Waals surface area contributed by atoms with Crippen LogP contribution in [-0.2, 0) is 33.2 Å². The first kappa shape index (κ1) is 67.5. The lowest BCUT2D eigenvalue weighted by Crippen LogP contribution is -2.66. The van der Waals surface area contributed by atoms with E-state index in [-0.39, 0.29) is 18.9 Å². The first-order chi connectivity index (χ1) is 36.3. The van der Waals surface area contributed by atoms with Crippen LogP contribution >= 0.6 is 0 Å². The summed E-state index contributed by atoms with van der Waals surface area (Å²) in [6.07, 6.45) is 15.0. The predicted octanol–water partition coefficient (Wildman–Crippen LogP) is 4.37. The third-order valence-corrected chi connectivity index (χ3v) is 14.8. The van der Waals surface area contributed by atoms with Gasteiger partial charge in [0.1, 0.15) is 73.2 Å². The van der Waals surface area contributed by atoms with Gasteiger partial charge in [-0.05, 0) is 32.1 Å². The van der Waals surface area contributed by atoms with E-state index < -0.39 is 124 Å². The fraction of sp³-hybridized carbons (Fsp3) is 0.911. The summed E-state index contributed by atoms with van der Waals surface area (Å²) in [6, 6.07) is -0.981. The average molecular weight is 1080 g/mol. The molecule has 0 aromatic rings. The first-order valence-electron chi connectivity index (χ1n) is 29.1. The van der Waals surface area contributed by atoms with Crippen molar-refractivity contribution in [3.8, 4) is 0 Å². The third kappa shape index (κ3) is 25.1. The van der Waals surface area contributed by atoms with Crippen LogP contribution in [0.25, 0.3) is 0 Å². The third-order valence-electron chi connectivity index (χ3n) is 14.8. The molecule has 75 heavy (non-hydrogen) atoms. The van der Waals surface area contributed by atoms with Crippen molar-refractivity contribution in [1.82, 2.24) is 5.32 Å². The number of hydrogen-bond acceptors (Lipinski definition) is 18. The summed E-state index contributed by atoms with van der Waals surface area (Å²) < 4.78 is 33.9. The van der Waals surface area contributed by atoms with Gasteiger partial charge in [0, 0.05) is 6.42 Å². The van der Waals surface area contributed by atoms with E-state index in [0.29, 0.717) is 12.8 Å². The fourth-order valence-corrected chi connectivity index (χ4v) is 9.89. The Kier molecular flexibility index (Phi) is 36.4. The van der Waals surface area contributed by atoms with E-state index in [2.05, 4.69) is 24.4 Å². The summed E-state index contributed by atoms with van der Waals surface area (Å²) in [5.74, 6) is -0.321. The minimum atomic E-state index is -1.98. The molecule has 17 atom stereocenters. The van der Waals surface area contributed by atoms with Crippen LogP contribution in [0.1, 0.15) is 194 Å². The summed E-state index contributed by atoms with van der Waals surface area (Å²) in [5, 5.41) is 119. The molecule has 0 aromatic carbocycles. The maximum absolute atomic E-state index is 12.8. The molecular formula is C56H103NO18. The lowest BCUT2D eigenvalue weighted by atomic mass is 9.96. The Morgan fingerprint density at radius 3 is 1.32 bits per heavy atom. The molecule has 3 aliphatic rings. The van der Waals surface area contributed by atoms with Gasteiger partial charge in [-0.2, -0.15) is 0 Å². The predicted molar refractivity (Wildman–Crippen MR) is 282 cm³/mol. The summed E-state index contributed by atoms with van der Waals surface area (Å²) >= 11 is 0. The number of ether oxygens (including phenoxy) is 6. The maximum atomic E-state index is 12.8. The van der Waals surface area contributed by atoms with Crippen LogP contribution in [0.4, 0.5) is 0 Å². The molecule has 0 radical (unpaired) electrons. The first-order valence-corrected chi connectivity index (χ1v) is 29.1. The van der Waals surface area contributed by atoms with Gasteiger partial charge < -0.3 is 89.9 Å². The van der Waals surface area contributed by atoms with Gasteiger partial charge in [-0.1, -0.05) is 179 Å². The van der Waals surface area contributed by atoms with Crippen LogP contribution in [-0.4, -0.2) is 193 Å². The van der Waals surface area contributed by atoms with Gasteiger partial charge in [-0.3, -0.25) is 4.79 Å². The summed E-state index contributed by atoms with van der Waals surface area (Å²) in [7, 11) is 0. The lowest BCUT2D eigenvalue weighted by Gasteiger charge is -2.48. The molecule has 1 amide bonds. The topological polar surface area (TPSA) is 307 Å². The van der Waals surface area contributed by atoms with Crippen LogP contribution in [0.3, 0.4) is 0 Å². The number of amides is 1. The Morgan fingerprint density at radius 1 is 0.467 bits per heavy atom. The van der Waals surface area contributed by atoms with Crippen LogP contribution in [0.15, 0.2) is 24.3 Å². The van der Waals surface area contributed by atoms with E-state index in [1.54, 1.807) is 6.08 Å². The monoisotopic (exact) mass is 1080 g/mol. The number of unbranched alkanes of at least 4 members (excludes halogenated alkanes) is 24. The Morgan fingerprint density at radius 2 is 0.853 bits per heavy atom. The normalized spacial score (nSPS) is 31.3. The van der Waals surface area contributed by atoms with Crippen molar-refractivity contribution in [1.29, 1.82) is 0 Å². The molecule has 0 spiro atoms. The number of nitrogens with one attached hydrogen (secondary N) is 1. The summed E-state index contributed by atoms with van der Waals surface area (Å²) in [4.78, 5) is 12.8. The fourth-order valence-electron chi connectivity index (χ4n) is 9.89. The Balaban J connectivity index is 1.34. The van der Waals surface area contributed by atoms with Gasteiger partial charge in [0.15, 0.2) is 18.9 Å². The number of carbonyl (C=O) groups excluding carboxylic acids is 1. The smallest absolute Gasteiger partial charge is 0.220 e. The van der Waals surface area contributed by atoms with Crippen LogP contribution in [0, 0.1) is 0 Å². The van der Waals surface area contributed by atoms with Crippen molar-refractivity contribution >= 4 is 5.91 Å². The highest BCUT2D eigenvalue weighted by atomic mass is 16.8. The Labute approximate surface area is 448 Å². The van der Waals surface area contributed by atoms with Gasteiger partial charge in [-0.15, -0.1) is 0 Å². The van der Waals surface area contributed by atoms with Gasteiger partial charge in [0.05, 0.1) is 38.6 Å². The zero-order chi connectivity index (χ0) is 54.8. The van der Waals surface area contributed by atoms with Gasteiger partial charge >= 0.3 is 0 Å². The molecule has 3 fully saturated rings. The van der Waals surface area contributed by atoms with Crippen molar-refractivity contribution in [3.63, 3.8) is 0 Å². The van der Waals surface area contributed by atoms with Crippen LogP contribution < -0.4 is 5.32 Å². The number of hydrogen-bond donors (Lipinski definition) is 12. The average Bonchev–Trinajstić information content (AvgIpc) is 3.41. The second kappa shape index (κ2) is 40.4. The lowest BCUT2D eigenvalue weighted by molar-refractivity contribution is -0.379. The molecule has 3 heterocycles. The Bertz CT molecular complexity index is 1480. The molecule has 3 saturated heterocycles. The zero-order valence-electron chi connectivity index (χ0n) is 45.5. The molecule has 19 heteroatoms. The molecular weight excluding hydrogens is 975 g/mol. The van der Waals surface area contributed by atoms with Crippen molar-refractivity contribution in [2.24, 2.45) is 0 Å². The van der Waals surface area contributed by atoms with E-state index in [1.165, 1.54) is 135 Å². The van der Waals surface area contributed by atoms with Gasteiger partial charge in [-0.25, -0.2) is 0 Å². The standard InChI is InChI=1S/C56H103NO18/c1-3-5-7-8-9-10-11-12-13-14-15-16-17-18-19-20-21-22-23-24-25-26-27-28-29-30-31-32-33-40(61)39(57-44(62)34-6-4-2)38-70-54-50(68)47(65)52(42(36-59)72-54)75-56-51(69)48(66)53(43(37-60)73-56)74-55-49(67)46(64)45(63)41(35-58)71-55/h28-29,32-33,39-43,45-56,58-61,63-69H,3-27,30-31,34-38H2,1-2H3,(H,57,62)/b29-28+,33-32+. The minimum absolute atomic E-state index is 0.211. The second-order valence-electron chi connectivity index (χ2n) is 21.1. The highest BCUT2D eigenvalue weighted by molar-refractivity contribution is 5.76. The van der Waals surface area contributed by atoms with E-state index in [9.17, 15) is 61.0 Å². The minimum Gasteiger partial charge on any atom is -0.394 e. The van der Waals surface area contributed by atoms with Gasteiger partial charge in [0.25, 0.3) is 0 Å². The summed E-state index contributed by atoms with van der Waals surface area (Å²) in [6.45, 7) is 1.43. The molecule has 3 aliphatic heterocycles. The largest absolute Gasteiger partial charge is 0.394 e. The van der Waals surface area contributed by atoms with Crippen molar-refractivity contribution < 1.29 is 89.4 Å². The van der Waals surface area contributed by atoms with Crippen molar-refractivity contribution in [2.45, 2.75) is 298 Å². The highest BCUT2D eigenvalue weighted by Gasteiger charge is 2.53. The van der Waals surface area contributed by atoms with Crippen molar-refractivity contribution in [3.05, 3.63) is 24.3 Å².